The smallest absolute Gasteiger partial charge is 0.407 e. The van der Waals surface area contributed by atoms with Gasteiger partial charge in [-0.05, 0) is 52.5 Å². The molecular weight excluding hydrogens is 546 g/mol. The second-order valence-corrected chi connectivity index (χ2v) is 13.3. The molecule has 0 fully saturated rings. The number of ether oxygens (including phenoxy) is 1. The summed E-state index contributed by atoms with van der Waals surface area (Å²) in [6.07, 6.45) is 8.72. The largest absolute Gasteiger partial charge is 0.618 e. The number of nitrogens with one attached hydrogen (secondary N) is 2. The maximum Gasteiger partial charge on any atom is 0.407 e. The molecule has 1 aliphatic rings. The number of aromatic nitrogens is 1. The first kappa shape index (κ1) is 32.7. The van der Waals surface area contributed by atoms with Crippen molar-refractivity contribution in [3.05, 3.63) is 35.7 Å². The summed E-state index contributed by atoms with van der Waals surface area (Å²) in [5.41, 5.74) is 1.53. The maximum atomic E-state index is 12.8. The molecule has 1 aliphatic heterocycles. The van der Waals surface area contributed by atoms with Gasteiger partial charge in [0.15, 0.2) is 5.69 Å². The van der Waals surface area contributed by atoms with Crippen molar-refractivity contribution in [2.75, 3.05) is 32.5 Å². The van der Waals surface area contributed by atoms with Crippen LogP contribution in [0.5, 0.6) is 0 Å². The lowest BCUT2D eigenvalue weighted by Gasteiger charge is -2.32. The van der Waals surface area contributed by atoms with Crippen LogP contribution in [0.3, 0.4) is 0 Å². The average Bonchev–Trinajstić information content (AvgIpc) is 3.16. The van der Waals surface area contributed by atoms with Crippen LogP contribution in [0.15, 0.2) is 35.5 Å². The summed E-state index contributed by atoms with van der Waals surface area (Å²) in [6, 6.07) is 7.50. The highest BCUT2D eigenvalue weighted by atomic mass is 32.2. The highest BCUT2D eigenvalue weighted by Crippen LogP contribution is 2.46. The molecule has 1 unspecified atom stereocenters. The van der Waals surface area contributed by atoms with E-state index in [4.69, 9.17) is 14.6 Å². The number of quaternary nitrogens is 1. The van der Waals surface area contributed by atoms with E-state index < -0.39 is 21.7 Å². The Kier molecular flexibility index (Phi) is 11.5. The zero-order valence-electron chi connectivity index (χ0n) is 25.1. The van der Waals surface area contributed by atoms with E-state index in [1.807, 2.05) is 39.0 Å². The number of carbonyl (C=O) groups excluding carboxylic acids is 1. The second kappa shape index (κ2) is 14.4. The number of carbonyl (C=O) groups is 1. The number of aliphatic imine (C=N–C) groups is 1. The van der Waals surface area contributed by atoms with Crippen molar-refractivity contribution in [1.29, 1.82) is 0 Å². The van der Waals surface area contributed by atoms with E-state index in [-0.39, 0.29) is 4.65 Å². The van der Waals surface area contributed by atoms with E-state index in [9.17, 15) is 18.4 Å². The number of para-hydroxylation sites is 1. The van der Waals surface area contributed by atoms with Crippen LogP contribution in [-0.4, -0.2) is 58.4 Å². The Hall–Kier alpha value is -2.80. The van der Waals surface area contributed by atoms with Gasteiger partial charge in [-0.25, -0.2) is 17.9 Å². The van der Waals surface area contributed by atoms with Gasteiger partial charge >= 0.3 is 6.09 Å². The van der Waals surface area contributed by atoms with Crippen molar-refractivity contribution in [1.82, 2.24) is 14.7 Å². The van der Waals surface area contributed by atoms with Crippen LogP contribution in [0.4, 0.5) is 16.2 Å². The minimum atomic E-state index is -3.26. The fraction of sp³-hybridized carbons (Fsp3) is 0.621. The number of unbranched alkanes of at least 4 members (excludes halogenated alkanes) is 4. The molecule has 3 rings (SSSR count). The molecule has 0 spiro atoms. The molecule has 2 N–H and O–H groups in total. The summed E-state index contributed by atoms with van der Waals surface area (Å²) in [5, 5.41) is 16.4. The molecular formula is C29H46N5O6S+. The topological polar surface area (TPSA) is 133 Å². The number of hydrogen-bond donors (Lipinski definition) is 2. The number of benzene rings is 1. The molecule has 0 aliphatic carbocycles. The van der Waals surface area contributed by atoms with Gasteiger partial charge in [-0.1, -0.05) is 31.9 Å². The highest BCUT2D eigenvalue weighted by molar-refractivity contribution is 7.88. The molecule has 0 saturated carbocycles. The number of hydroxylamine groups is 2. The zero-order valence-corrected chi connectivity index (χ0v) is 25.9. The van der Waals surface area contributed by atoms with E-state index in [1.54, 1.807) is 6.07 Å². The van der Waals surface area contributed by atoms with Crippen LogP contribution in [0, 0.1) is 5.21 Å². The van der Waals surface area contributed by atoms with Crippen LogP contribution in [0.2, 0.25) is 0 Å². The summed E-state index contributed by atoms with van der Waals surface area (Å²) in [7, 11) is -3.26. The first-order valence-corrected chi connectivity index (χ1v) is 16.4. The Morgan fingerprint density at radius 3 is 2.49 bits per heavy atom. The van der Waals surface area contributed by atoms with Crippen molar-refractivity contribution >= 4 is 44.2 Å². The zero-order chi connectivity index (χ0) is 30.1. The predicted molar refractivity (Wildman–Crippen MR) is 162 cm³/mol. The van der Waals surface area contributed by atoms with Gasteiger partial charge in [0.05, 0.1) is 6.26 Å². The van der Waals surface area contributed by atoms with E-state index in [1.165, 1.54) is 6.20 Å². The van der Waals surface area contributed by atoms with Crippen LogP contribution in [0.25, 0.3) is 10.9 Å². The molecule has 1 aromatic heterocycles. The second-order valence-electron chi connectivity index (χ2n) is 11.5. The monoisotopic (exact) mass is 592 g/mol. The minimum Gasteiger partial charge on any atom is -0.618 e. The van der Waals surface area contributed by atoms with Crippen LogP contribution in [-0.2, 0) is 19.6 Å². The molecule has 12 heteroatoms. The third kappa shape index (κ3) is 9.35. The van der Waals surface area contributed by atoms with Gasteiger partial charge in [0, 0.05) is 32.0 Å². The first-order chi connectivity index (χ1) is 19.4. The van der Waals surface area contributed by atoms with Crippen molar-refractivity contribution in [2.45, 2.75) is 84.7 Å². The number of fused-ring (bicyclic) bond motifs is 3. The number of amidine groups is 1. The summed E-state index contributed by atoms with van der Waals surface area (Å²) >= 11 is 0. The third-order valence-electron chi connectivity index (χ3n) is 6.70. The molecule has 11 nitrogen and oxygen atoms in total. The molecule has 0 radical (unpaired) electrons. The molecule has 41 heavy (non-hydrogen) atoms. The van der Waals surface area contributed by atoms with Crippen molar-refractivity contribution in [3.8, 4) is 0 Å². The number of hydrogen-bond acceptors (Lipinski definition) is 7. The Labute approximate surface area is 244 Å². The number of amides is 1. The Balaban J connectivity index is 1.71. The van der Waals surface area contributed by atoms with E-state index in [2.05, 4.69) is 17.0 Å². The normalized spacial score (nSPS) is 17.0. The quantitative estimate of drug-likeness (QED) is 0.122. The molecule has 1 atom stereocenters. The summed E-state index contributed by atoms with van der Waals surface area (Å²) in [4.78, 5) is 23.5. The lowest BCUT2D eigenvalue weighted by molar-refractivity contribution is -0.576. The number of alkyl carbamates (subject to hydrolysis) is 1. The summed E-state index contributed by atoms with van der Waals surface area (Å²) in [6.45, 7) is 9.57. The van der Waals surface area contributed by atoms with Crippen molar-refractivity contribution in [2.24, 2.45) is 4.99 Å². The molecule has 2 aromatic rings. The van der Waals surface area contributed by atoms with Crippen LogP contribution < -0.4 is 19.4 Å². The molecule has 1 amide bonds. The number of nitrogens with zero attached hydrogens (tertiary/aromatic N) is 3. The minimum absolute atomic E-state index is 0.115. The van der Waals surface area contributed by atoms with Gasteiger partial charge in [-0.3, -0.25) is 0 Å². The number of sulfonamides is 1. The van der Waals surface area contributed by atoms with Gasteiger partial charge in [-0.2, -0.15) is 14.6 Å². The number of rotatable bonds is 16. The standard InChI is InChI=1S/C29H45N5O6S/c1-6-15-26-32-24-22-33(36)25-17-10-9-16-23(25)27(24)34(26,20-13-12-19-31-41(5,37)38)39-21-14-8-7-11-18-30-28(35)40-29(2,3)4/h9-10,16-17,22,31H,6-8,11-15,18-21H2,1-5H3/p+1. The van der Waals surface area contributed by atoms with Gasteiger partial charge in [-0.15, -0.1) is 4.65 Å². The fourth-order valence-corrected chi connectivity index (χ4v) is 5.50. The Morgan fingerprint density at radius 1 is 1.07 bits per heavy atom. The molecule has 1 aromatic carbocycles. The molecule has 0 saturated heterocycles. The fourth-order valence-electron chi connectivity index (χ4n) is 4.98. The van der Waals surface area contributed by atoms with Crippen LogP contribution in [0.1, 0.15) is 79.1 Å². The SMILES string of the molecule is CCCC1=Nc2c[n+]([O-])c3ccccc3c2[N+]1(CCCCNS(C)(=O)=O)OCCCCCCNC(=O)OC(C)(C)C. The third-order valence-corrected chi connectivity index (χ3v) is 7.42. The van der Waals surface area contributed by atoms with Gasteiger partial charge in [0.2, 0.25) is 33.3 Å². The molecule has 2 heterocycles. The van der Waals surface area contributed by atoms with E-state index in [0.29, 0.717) is 56.7 Å². The predicted octanol–water partition coefficient (Wildman–Crippen LogP) is 4.97. The van der Waals surface area contributed by atoms with Gasteiger partial charge in [0.1, 0.15) is 24.1 Å². The van der Waals surface area contributed by atoms with E-state index in [0.717, 1.165) is 60.0 Å². The van der Waals surface area contributed by atoms with Crippen molar-refractivity contribution in [3.63, 3.8) is 0 Å². The van der Waals surface area contributed by atoms with Gasteiger partial charge in [0.25, 0.3) is 0 Å². The van der Waals surface area contributed by atoms with Crippen molar-refractivity contribution < 1.29 is 27.5 Å². The number of pyridine rings is 1. The summed E-state index contributed by atoms with van der Waals surface area (Å²) < 4.78 is 31.9. The van der Waals surface area contributed by atoms with Gasteiger partial charge < -0.3 is 15.3 Å². The lowest BCUT2D eigenvalue weighted by Crippen LogP contribution is -2.53. The average molecular weight is 593 g/mol. The maximum absolute atomic E-state index is 12.8. The first-order valence-electron chi connectivity index (χ1n) is 14.5. The summed E-state index contributed by atoms with van der Waals surface area (Å²) in [5.74, 6) is 0.858. The molecule has 0 bridgehead atoms. The molecule has 228 valence electrons. The lowest BCUT2D eigenvalue weighted by atomic mass is 10.1. The Bertz CT molecular complexity index is 1320. The van der Waals surface area contributed by atoms with E-state index >= 15 is 0 Å². The Morgan fingerprint density at radius 2 is 1.78 bits per heavy atom. The van der Waals surface area contributed by atoms with Crippen LogP contribution >= 0.6 is 0 Å². The highest BCUT2D eigenvalue weighted by Gasteiger charge is 2.48.